The second-order valence-corrected chi connectivity index (χ2v) is 8.38. The van der Waals surface area contributed by atoms with E-state index in [0.717, 1.165) is 50.4 Å². The molecular weight excluding hydrogens is 362 g/mol. The van der Waals surface area contributed by atoms with Gasteiger partial charge >= 0.3 is 0 Å². The number of nitrogens with zero attached hydrogens (tertiary/aromatic N) is 3. The van der Waals surface area contributed by atoms with Crippen LogP contribution in [0.5, 0.6) is 5.75 Å². The molecule has 1 aromatic carbocycles. The fourth-order valence-corrected chi connectivity index (χ4v) is 4.34. The van der Waals surface area contributed by atoms with Gasteiger partial charge in [0, 0.05) is 13.1 Å². The first-order valence-electron chi connectivity index (χ1n) is 11.3. The highest BCUT2D eigenvalue weighted by Gasteiger charge is 2.23. The number of aliphatic imine (C=N–C) groups is 1. The van der Waals surface area contributed by atoms with E-state index in [2.05, 4.69) is 58.7 Å². The topological polar surface area (TPSA) is 52.1 Å². The number of rotatable bonds is 8. The molecule has 0 saturated carbocycles. The molecule has 29 heavy (non-hydrogen) atoms. The summed E-state index contributed by atoms with van der Waals surface area (Å²) in [7, 11) is 3.93. The fraction of sp³-hybridized carbons (Fsp3) is 0.696. The predicted octanol–water partition coefficient (Wildman–Crippen LogP) is 2.73. The van der Waals surface area contributed by atoms with Gasteiger partial charge in [0.15, 0.2) is 5.96 Å². The highest BCUT2D eigenvalue weighted by atomic mass is 16.5. The molecule has 1 aromatic rings. The van der Waals surface area contributed by atoms with E-state index in [1.54, 1.807) is 7.11 Å². The lowest BCUT2D eigenvalue weighted by molar-refractivity contribution is 0.220. The Bertz CT molecular complexity index is 619. The second kappa shape index (κ2) is 11.4. The van der Waals surface area contributed by atoms with E-state index in [1.807, 2.05) is 0 Å². The van der Waals surface area contributed by atoms with Crippen LogP contribution < -0.4 is 15.4 Å². The lowest BCUT2D eigenvalue weighted by Gasteiger charge is -2.30. The maximum atomic E-state index is 5.34. The minimum atomic E-state index is 0.321. The summed E-state index contributed by atoms with van der Waals surface area (Å²) < 4.78 is 5.34. The summed E-state index contributed by atoms with van der Waals surface area (Å²) in [6.07, 6.45) is 5.10. The van der Waals surface area contributed by atoms with Gasteiger partial charge in [-0.05, 0) is 89.4 Å². The second-order valence-electron chi connectivity index (χ2n) is 8.38. The van der Waals surface area contributed by atoms with Crippen LogP contribution >= 0.6 is 0 Å². The third-order valence-electron chi connectivity index (χ3n) is 6.24. The molecule has 2 aliphatic heterocycles. The molecule has 0 radical (unpaired) electrons. The zero-order valence-corrected chi connectivity index (χ0v) is 18.5. The van der Waals surface area contributed by atoms with Crippen LogP contribution in [0.15, 0.2) is 29.3 Å². The van der Waals surface area contributed by atoms with Gasteiger partial charge < -0.3 is 20.3 Å². The summed E-state index contributed by atoms with van der Waals surface area (Å²) in [5, 5.41) is 7.04. The fourth-order valence-electron chi connectivity index (χ4n) is 4.34. The number of methoxy groups -OCH3 is 1. The summed E-state index contributed by atoms with van der Waals surface area (Å²) in [5.74, 6) is 2.60. The molecule has 2 aliphatic rings. The molecule has 3 rings (SSSR count). The molecule has 162 valence electrons. The number of guanidine groups is 1. The Kier molecular flexibility index (Phi) is 8.62. The van der Waals surface area contributed by atoms with Crippen molar-refractivity contribution >= 4 is 5.96 Å². The molecule has 2 saturated heterocycles. The van der Waals surface area contributed by atoms with Crippen LogP contribution in [0, 0.1) is 5.92 Å². The molecule has 2 heterocycles. The molecule has 2 N–H and O–H groups in total. The number of hydrogen-bond acceptors (Lipinski definition) is 4. The Morgan fingerprint density at radius 3 is 2.41 bits per heavy atom. The molecule has 0 bridgehead atoms. The molecule has 0 amide bonds. The predicted molar refractivity (Wildman–Crippen MR) is 121 cm³/mol. The van der Waals surface area contributed by atoms with Gasteiger partial charge in [0.1, 0.15) is 5.75 Å². The number of ether oxygens (including phenoxy) is 1. The number of nitrogens with one attached hydrogen (secondary N) is 2. The molecule has 1 atom stereocenters. The van der Waals surface area contributed by atoms with E-state index in [-0.39, 0.29) is 0 Å². The van der Waals surface area contributed by atoms with E-state index >= 15 is 0 Å². The van der Waals surface area contributed by atoms with Crippen LogP contribution in [-0.4, -0.2) is 75.7 Å². The molecule has 0 aromatic heterocycles. The van der Waals surface area contributed by atoms with Gasteiger partial charge in [0.05, 0.1) is 19.7 Å². The quantitative estimate of drug-likeness (QED) is 0.518. The minimum Gasteiger partial charge on any atom is -0.497 e. The molecule has 2 fully saturated rings. The summed E-state index contributed by atoms with van der Waals surface area (Å²) >= 11 is 0. The van der Waals surface area contributed by atoms with Crippen molar-refractivity contribution in [2.75, 3.05) is 60.0 Å². The van der Waals surface area contributed by atoms with Crippen molar-refractivity contribution in [2.45, 2.75) is 38.6 Å². The smallest absolute Gasteiger partial charge is 0.191 e. The van der Waals surface area contributed by atoms with Crippen LogP contribution in [0.4, 0.5) is 0 Å². The highest BCUT2D eigenvalue weighted by molar-refractivity contribution is 5.79. The summed E-state index contributed by atoms with van der Waals surface area (Å²) in [4.78, 5) is 9.98. The van der Waals surface area contributed by atoms with Crippen molar-refractivity contribution in [1.29, 1.82) is 0 Å². The van der Waals surface area contributed by atoms with Gasteiger partial charge in [0.25, 0.3) is 0 Å². The Hall–Kier alpha value is -1.79. The average Bonchev–Trinajstić information content (AvgIpc) is 3.28. The molecule has 6 heteroatoms. The maximum absolute atomic E-state index is 5.34. The molecular formula is C23H39N5O. The van der Waals surface area contributed by atoms with Crippen LogP contribution in [0.1, 0.15) is 44.2 Å². The van der Waals surface area contributed by atoms with Crippen LogP contribution in [0.3, 0.4) is 0 Å². The minimum absolute atomic E-state index is 0.321. The summed E-state index contributed by atoms with van der Waals surface area (Å²) in [5.41, 5.74) is 1.32. The van der Waals surface area contributed by atoms with Crippen molar-refractivity contribution in [2.24, 2.45) is 10.9 Å². The standard InChI is InChI=1S/C23H39N5O/c1-4-24-23(25-17-19-11-15-27(2)16-12-19)26-18-22(28-13-5-6-14-28)20-7-9-21(29-3)10-8-20/h7-10,19,22H,4-6,11-18H2,1-3H3,(H2,24,25,26). The first-order chi connectivity index (χ1) is 14.2. The highest BCUT2D eigenvalue weighted by Crippen LogP contribution is 2.27. The lowest BCUT2D eigenvalue weighted by atomic mass is 9.97. The van der Waals surface area contributed by atoms with E-state index in [1.165, 1.54) is 44.3 Å². The van der Waals surface area contributed by atoms with Gasteiger partial charge in [-0.3, -0.25) is 9.89 Å². The molecule has 1 unspecified atom stereocenters. The first kappa shape index (κ1) is 21.9. The van der Waals surface area contributed by atoms with Crippen molar-refractivity contribution in [3.63, 3.8) is 0 Å². The van der Waals surface area contributed by atoms with Crippen LogP contribution in [-0.2, 0) is 0 Å². The molecule has 0 aliphatic carbocycles. The number of benzene rings is 1. The van der Waals surface area contributed by atoms with Gasteiger partial charge in [0.2, 0.25) is 0 Å². The van der Waals surface area contributed by atoms with Crippen LogP contribution in [0.2, 0.25) is 0 Å². The van der Waals surface area contributed by atoms with E-state index < -0.39 is 0 Å². The Morgan fingerprint density at radius 2 is 1.79 bits per heavy atom. The Morgan fingerprint density at radius 1 is 1.10 bits per heavy atom. The van der Waals surface area contributed by atoms with Gasteiger partial charge in [-0.2, -0.15) is 0 Å². The van der Waals surface area contributed by atoms with E-state index in [4.69, 9.17) is 9.73 Å². The third kappa shape index (κ3) is 6.61. The largest absolute Gasteiger partial charge is 0.497 e. The van der Waals surface area contributed by atoms with E-state index in [0.29, 0.717) is 6.04 Å². The van der Waals surface area contributed by atoms with Crippen molar-refractivity contribution in [3.8, 4) is 5.75 Å². The molecule has 6 nitrogen and oxygen atoms in total. The lowest BCUT2D eigenvalue weighted by Crippen LogP contribution is -2.42. The monoisotopic (exact) mass is 401 g/mol. The SMILES string of the molecule is CCNC(=NCC(c1ccc(OC)cc1)N1CCCC1)NCC1CCN(C)CC1. The third-order valence-corrected chi connectivity index (χ3v) is 6.24. The Balaban J connectivity index is 1.63. The average molecular weight is 402 g/mol. The van der Waals surface area contributed by atoms with Crippen molar-refractivity contribution in [3.05, 3.63) is 29.8 Å². The van der Waals surface area contributed by atoms with Crippen molar-refractivity contribution in [1.82, 2.24) is 20.4 Å². The number of piperidine rings is 1. The zero-order valence-electron chi connectivity index (χ0n) is 18.5. The van der Waals surface area contributed by atoms with Gasteiger partial charge in [-0.25, -0.2) is 0 Å². The summed E-state index contributed by atoms with van der Waals surface area (Å²) in [6, 6.07) is 8.83. The van der Waals surface area contributed by atoms with Crippen molar-refractivity contribution < 1.29 is 4.74 Å². The number of likely N-dealkylation sites (tertiary alicyclic amines) is 2. The van der Waals surface area contributed by atoms with Crippen LogP contribution in [0.25, 0.3) is 0 Å². The Labute approximate surface area is 176 Å². The van der Waals surface area contributed by atoms with E-state index in [9.17, 15) is 0 Å². The zero-order chi connectivity index (χ0) is 20.5. The molecule has 0 spiro atoms. The van der Waals surface area contributed by atoms with Gasteiger partial charge in [-0.15, -0.1) is 0 Å². The van der Waals surface area contributed by atoms with Gasteiger partial charge in [-0.1, -0.05) is 12.1 Å². The number of hydrogen-bond donors (Lipinski definition) is 2. The first-order valence-corrected chi connectivity index (χ1v) is 11.3. The normalized spacial score (nSPS) is 20.6. The summed E-state index contributed by atoms with van der Waals surface area (Å²) in [6.45, 7) is 9.52. The maximum Gasteiger partial charge on any atom is 0.191 e.